The molecule has 1 aromatic rings. The van der Waals surface area contributed by atoms with Gasteiger partial charge in [-0.15, -0.1) is 0 Å². The van der Waals surface area contributed by atoms with Gasteiger partial charge >= 0.3 is 0 Å². The predicted octanol–water partition coefficient (Wildman–Crippen LogP) is 1.65. The largest absolute Gasteiger partial charge is 0.382 e. The second-order valence-corrected chi connectivity index (χ2v) is 3.22. The van der Waals surface area contributed by atoms with Crippen molar-refractivity contribution in [1.29, 1.82) is 0 Å². The first-order valence-corrected chi connectivity index (χ1v) is 4.78. The molecule has 5 heteroatoms. The molecule has 0 aliphatic rings. The number of halogens is 1. The summed E-state index contributed by atoms with van der Waals surface area (Å²) in [5.41, 5.74) is 2.74. The molecule has 0 bridgehead atoms. The van der Waals surface area contributed by atoms with Gasteiger partial charge in [-0.1, -0.05) is 17.7 Å². The number of rotatable bonds is 5. The number of hydrogen-bond donors (Lipinski definition) is 1. The highest BCUT2D eigenvalue weighted by Crippen LogP contribution is 2.10. The summed E-state index contributed by atoms with van der Waals surface area (Å²) in [5, 5.41) is 0.513. The summed E-state index contributed by atoms with van der Waals surface area (Å²) < 4.78 is 4.75. The number of hydroxylamine groups is 1. The maximum Gasteiger partial charge on any atom is 0.274 e. The Morgan fingerprint density at radius 2 is 2.27 bits per heavy atom. The van der Waals surface area contributed by atoms with Gasteiger partial charge in [0, 0.05) is 17.7 Å². The molecular formula is C10H12ClNO3. The Kier molecular flexibility index (Phi) is 5.10. The SMILES string of the molecule is COCCONC(=O)c1cccc(Cl)c1. The van der Waals surface area contributed by atoms with Crippen LogP contribution >= 0.6 is 11.6 Å². The number of nitrogens with one attached hydrogen (secondary N) is 1. The quantitative estimate of drug-likeness (QED) is 0.617. The second kappa shape index (κ2) is 6.40. The first kappa shape index (κ1) is 12.0. The van der Waals surface area contributed by atoms with Gasteiger partial charge in [0.25, 0.3) is 5.91 Å². The van der Waals surface area contributed by atoms with Crippen molar-refractivity contribution < 1.29 is 14.4 Å². The lowest BCUT2D eigenvalue weighted by molar-refractivity contribution is 0.00889. The van der Waals surface area contributed by atoms with Gasteiger partial charge in [0.05, 0.1) is 13.2 Å². The van der Waals surface area contributed by atoms with Crippen molar-refractivity contribution in [3.63, 3.8) is 0 Å². The van der Waals surface area contributed by atoms with Gasteiger partial charge in [0.1, 0.15) is 0 Å². The number of carbonyl (C=O) groups excluding carboxylic acids is 1. The van der Waals surface area contributed by atoms with E-state index in [4.69, 9.17) is 21.2 Å². The smallest absolute Gasteiger partial charge is 0.274 e. The minimum Gasteiger partial charge on any atom is -0.382 e. The second-order valence-electron chi connectivity index (χ2n) is 2.78. The Morgan fingerprint density at radius 1 is 1.47 bits per heavy atom. The van der Waals surface area contributed by atoms with Gasteiger partial charge in [-0.2, -0.15) is 0 Å². The summed E-state index contributed by atoms with van der Waals surface area (Å²) in [6.07, 6.45) is 0. The highest BCUT2D eigenvalue weighted by Gasteiger charge is 2.04. The van der Waals surface area contributed by atoms with E-state index in [0.717, 1.165) is 0 Å². The normalized spacial score (nSPS) is 10.0. The zero-order chi connectivity index (χ0) is 11.1. The molecule has 0 fully saturated rings. The molecule has 0 saturated carbocycles. The van der Waals surface area contributed by atoms with Gasteiger partial charge in [0.2, 0.25) is 0 Å². The summed E-state index contributed by atoms with van der Waals surface area (Å²) in [5.74, 6) is -0.325. The van der Waals surface area contributed by atoms with Crippen molar-refractivity contribution >= 4 is 17.5 Å². The molecule has 1 rings (SSSR count). The molecule has 15 heavy (non-hydrogen) atoms. The molecule has 0 heterocycles. The van der Waals surface area contributed by atoms with Crippen LogP contribution in [0.4, 0.5) is 0 Å². The highest BCUT2D eigenvalue weighted by molar-refractivity contribution is 6.30. The molecule has 1 N–H and O–H groups in total. The number of ether oxygens (including phenoxy) is 1. The molecule has 0 aliphatic heterocycles. The zero-order valence-corrected chi connectivity index (χ0v) is 9.08. The first-order valence-electron chi connectivity index (χ1n) is 4.40. The zero-order valence-electron chi connectivity index (χ0n) is 8.33. The number of amides is 1. The standard InChI is InChI=1S/C10H12ClNO3/c1-14-5-6-15-12-10(13)8-3-2-4-9(11)7-8/h2-4,7H,5-6H2,1H3,(H,12,13). The van der Waals surface area contributed by atoms with E-state index >= 15 is 0 Å². The van der Waals surface area contributed by atoms with Crippen LogP contribution in [0.5, 0.6) is 0 Å². The fourth-order valence-corrected chi connectivity index (χ4v) is 1.12. The number of benzene rings is 1. The van der Waals surface area contributed by atoms with E-state index < -0.39 is 0 Å². The fraction of sp³-hybridized carbons (Fsp3) is 0.300. The lowest BCUT2D eigenvalue weighted by atomic mass is 10.2. The van der Waals surface area contributed by atoms with Crippen molar-refractivity contribution in [3.05, 3.63) is 34.9 Å². The average molecular weight is 230 g/mol. The highest BCUT2D eigenvalue weighted by atomic mass is 35.5. The molecule has 0 spiro atoms. The molecule has 0 radical (unpaired) electrons. The fourth-order valence-electron chi connectivity index (χ4n) is 0.930. The van der Waals surface area contributed by atoms with Gasteiger partial charge in [-0.05, 0) is 18.2 Å². The minimum absolute atomic E-state index is 0.308. The molecule has 0 aliphatic carbocycles. The number of carbonyl (C=O) groups is 1. The van der Waals surface area contributed by atoms with Crippen LogP contribution in [0.2, 0.25) is 5.02 Å². The third kappa shape index (κ3) is 4.29. The topological polar surface area (TPSA) is 47.6 Å². The van der Waals surface area contributed by atoms with E-state index in [2.05, 4.69) is 5.48 Å². The Labute approximate surface area is 93.1 Å². The van der Waals surface area contributed by atoms with Gasteiger partial charge in [-0.3, -0.25) is 9.63 Å². The number of hydrogen-bond acceptors (Lipinski definition) is 3. The van der Waals surface area contributed by atoms with Gasteiger partial charge in [0.15, 0.2) is 0 Å². The van der Waals surface area contributed by atoms with Crippen LogP contribution in [0.15, 0.2) is 24.3 Å². The molecule has 82 valence electrons. The maximum absolute atomic E-state index is 11.4. The van der Waals surface area contributed by atoms with Crippen molar-refractivity contribution in [1.82, 2.24) is 5.48 Å². The van der Waals surface area contributed by atoms with Crippen LogP contribution in [0, 0.1) is 0 Å². The van der Waals surface area contributed by atoms with E-state index in [1.54, 1.807) is 31.4 Å². The van der Waals surface area contributed by atoms with Gasteiger partial charge in [-0.25, -0.2) is 5.48 Å². The van der Waals surface area contributed by atoms with Crippen LogP contribution in [0.3, 0.4) is 0 Å². The molecule has 0 saturated heterocycles. The molecule has 4 nitrogen and oxygen atoms in total. The molecule has 0 aromatic heterocycles. The van der Waals surface area contributed by atoms with Crippen LogP contribution in [-0.4, -0.2) is 26.2 Å². The lowest BCUT2D eigenvalue weighted by Gasteiger charge is -2.05. The van der Waals surface area contributed by atoms with Crippen molar-refractivity contribution in [2.75, 3.05) is 20.3 Å². The average Bonchev–Trinajstić information content (AvgIpc) is 2.24. The first-order chi connectivity index (χ1) is 7.24. The Morgan fingerprint density at radius 3 is 2.93 bits per heavy atom. The number of methoxy groups -OCH3 is 1. The van der Waals surface area contributed by atoms with Crippen LogP contribution < -0.4 is 5.48 Å². The van der Waals surface area contributed by atoms with Crippen LogP contribution in [0.25, 0.3) is 0 Å². The molecule has 1 aromatic carbocycles. The third-order valence-electron chi connectivity index (χ3n) is 1.64. The van der Waals surface area contributed by atoms with Crippen molar-refractivity contribution in [2.24, 2.45) is 0 Å². The molecule has 0 unspecified atom stereocenters. The maximum atomic E-state index is 11.4. The molecule has 1 amide bonds. The van der Waals surface area contributed by atoms with E-state index in [0.29, 0.717) is 23.8 Å². The molecular weight excluding hydrogens is 218 g/mol. The van der Waals surface area contributed by atoms with Gasteiger partial charge < -0.3 is 4.74 Å². The van der Waals surface area contributed by atoms with E-state index in [1.807, 2.05) is 0 Å². The third-order valence-corrected chi connectivity index (χ3v) is 1.88. The summed E-state index contributed by atoms with van der Waals surface area (Å²) in [6, 6.07) is 6.62. The summed E-state index contributed by atoms with van der Waals surface area (Å²) in [7, 11) is 1.56. The van der Waals surface area contributed by atoms with Crippen LogP contribution in [-0.2, 0) is 9.57 Å². The van der Waals surface area contributed by atoms with E-state index in [1.165, 1.54) is 0 Å². The summed E-state index contributed by atoms with van der Waals surface area (Å²) in [4.78, 5) is 16.3. The lowest BCUT2D eigenvalue weighted by Crippen LogP contribution is -2.25. The minimum atomic E-state index is -0.325. The Balaban J connectivity index is 2.40. The van der Waals surface area contributed by atoms with E-state index in [-0.39, 0.29) is 5.91 Å². The Hall–Kier alpha value is -1.10. The summed E-state index contributed by atoms with van der Waals surface area (Å²) >= 11 is 5.73. The molecule has 0 atom stereocenters. The van der Waals surface area contributed by atoms with Crippen LogP contribution in [0.1, 0.15) is 10.4 Å². The predicted molar refractivity (Wildman–Crippen MR) is 56.7 cm³/mol. The van der Waals surface area contributed by atoms with Crippen molar-refractivity contribution in [2.45, 2.75) is 0 Å². The monoisotopic (exact) mass is 229 g/mol. The summed E-state index contributed by atoms with van der Waals surface area (Å²) in [6.45, 7) is 0.735. The van der Waals surface area contributed by atoms with Crippen molar-refractivity contribution in [3.8, 4) is 0 Å². The van der Waals surface area contributed by atoms with E-state index in [9.17, 15) is 4.79 Å². The Bertz CT molecular complexity index is 330.